The average molecular weight is 214 g/mol. The van der Waals surface area contributed by atoms with Gasteiger partial charge in [0, 0.05) is 5.92 Å². The quantitative estimate of drug-likeness (QED) is 0.816. The first kappa shape index (κ1) is 12.1. The fraction of sp³-hybridized carbons (Fsp3) is 0.500. The highest BCUT2D eigenvalue weighted by molar-refractivity contribution is 5.25. The van der Waals surface area contributed by atoms with E-state index in [0.717, 1.165) is 5.56 Å². The number of aliphatic hydroxyl groups excluding tert-OH is 1. The lowest BCUT2D eigenvalue weighted by Gasteiger charge is -2.20. The van der Waals surface area contributed by atoms with Crippen molar-refractivity contribution < 1.29 is 13.9 Å². The van der Waals surface area contributed by atoms with E-state index in [9.17, 15) is 8.78 Å². The second-order valence-electron chi connectivity index (χ2n) is 4.00. The maximum atomic E-state index is 12.8. The first-order chi connectivity index (χ1) is 7.06. The number of hydrogen-bond acceptors (Lipinski definition) is 1. The Bertz CT molecular complexity index is 285. The van der Waals surface area contributed by atoms with Crippen LogP contribution in [0.4, 0.5) is 8.78 Å². The van der Waals surface area contributed by atoms with Gasteiger partial charge in [-0.1, -0.05) is 38.1 Å². The molecule has 1 nitrogen and oxygen atoms in total. The molecule has 1 aromatic carbocycles. The molecule has 84 valence electrons. The Hall–Kier alpha value is -0.960. The average Bonchev–Trinajstić information content (AvgIpc) is 2.18. The van der Waals surface area contributed by atoms with Crippen LogP contribution in [0, 0.1) is 5.92 Å². The van der Waals surface area contributed by atoms with Crippen molar-refractivity contribution in [2.75, 3.05) is 0 Å². The van der Waals surface area contributed by atoms with Crippen molar-refractivity contribution in [2.24, 2.45) is 5.92 Å². The molecule has 15 heavy (non-hydrogen) atoms. The Balaban J connectivity index is 2.92. The molecule has 0 spiro atoms. The zero-order valence-corrected chi connectivity index (χ0v) is 8.95. The van der Waals surface area contributed by atoms with Gasteiger partial charge in [0.2, 0.25) is 6.43 Å². The maximum Gasteiger partial charge on any atom is 0.245 e. The predicted octanol–water partition coefficient (Wildman–Crippen LogP) is 3.18. The SMILES string of the molecule is CC(C)C(c1ccc(CO)cc1)C(F)F. The Morgan fingerprint density at radius 2 is 1.67 bits per heavy atom. The predicted molar refractivity (Wildman–Crippen MR) is 55.9 cm³/mol. The number of hydrogen-bond donors (Lipinski definition) is 1. The number of halogens is 2. The lowest BCUT2D eigenvalue weighted by Crippen LogP contribution is -2.15. The molecule has 0 saturated heterocycles. The molecule has 0 bridgehead atoms. The Morgan fingerprint density at radius 1 is 1.13 bits per heavy atom. The van der Waals surface area contributed by atoms with Gasteiger partial charge in [-0.05, 0) is 17.0 Å². The molecule has 0 fully saturated rings. The van der Waals surface area contributed by atoms with Crippen molar-refractivity contribution in [3.63, 3.8) is 0 Å². The molecule has 0 amide bonds. The molecule has 1 N–H and O–H groups in total. The smallest absolute Gasteiger partial charge is 0.245 e. The van der Waals surface area contributed by atoms with Gasteiger partial charge in [-0.15, -0.1) is 0 Å². The van der Waals surface area contributed by atoms with E-state index in [2.05, 4.69) is 0 Å². The number of alkyl halides is 2. The summed E-state index contributed by atoms with van der Waals surface area (Å²) >= 11 is 0. The van der Waals surface area contributed by atoms with Gasteiger partial charge in [-0.25, -0.2) is 8.78 Å². The van der Waals surface area contributed by atoms with Crippen molar-refractivity contribution in [1.29, 1.82) is 0 Å². The third-order valence-electron chi connectivity index (χ3n) is 2.54. The molecule has 0 aliphatic rings. The van der Waals surface area contributed by atoms with E-state index in [4.69, 9.17) is 5.11 Å². The molecule has 1 atom stereocenters. The molecule has 0 aliphatic heterocycles. The zero-order valence-electron chi connectivity index (χ0n) is 8.95. The van der Waals surface area contributed by atoms with Gasteiger partial charge in [0.15, 0.2) is 0 Å². The fourth-order valence-corrected chi connectivity index (χ4v) is 1.67. The van der Waals surface area contributed by atoms with Crippen LogP contribution >= 0.6 is 0 Å². The van der Waals surface area contributed by atoms with Crippen LogP contribution in [0.25, 0.3) is 0 Å². The summed E-state index contributed by atoms with van der Waals surface area (Å²) in [5.41, 5.74) is 1.38. The summed E-state index contributed by atoms with van der Waals surface area (Å²) < 4.78 is 25.5. The van der Waals surface area contributed by atoms with E-state index < -0.39 is 12.3 Å². The second-order valence-corrected chi connectivity index (χ2v) is 4.00. The van der Waals surface area contributed by atoms with Crippen LogP contribution in [0.15, 0.2) is 24.3 Å². The van der Waals surface area contributed by atoms with Crippen LogP contribution < -0.4 is 0 Å². The summed E-state index contributed by atoms with van der Waals surface area (Å²) in [6.45, 7) is 3.52. The molecular weight excluding hydrogens is 198 g/mol. The summed E-state index contributed by atoms with van der Waals surface area (Å²) in [6.07, 6.45) is -2.34. The highest BCUT2D eigenvalue weighted by atomic mass is 19.3. The number of rotatable bonds is 4. The largest absolute Gasteiger partial charge is 0.392 e. The number of aliphatic hydroxyl groups is 1. The molecule has 0 heterocycles. The highest BCUT2D eigenvalue weighted by Crippen LogP contribution is 2.30. The first-order valence-corrected chi connectivity index (χ1v) is 5.04. The highest BCUT2D eigenvalue weighted by Gasteiger charge is 2.25. The van der Waals surface area contributed by atoms with Gasteiger partial charge in [0.1, 0.15) is 0 Å². The van der Waals surface area contributed by atoms with Gasteiger partial charge < -0.3 is 5.11 Å². The van der Waals surface area contributed by atoms with E-state index >= 15 is 0 Å². The van der Waals surface area contributed by atoms with Crippen LogP contribution in [0.2, 0.25) is 0 Å². The van der Waals surface area contributed by atoms with Gasteiger partial charge in [0.25, 0.3) is 0 Å². The minimum Gasteiger partial charge on any atom is -0.392 e. The summed E-state index contributed by atoms with van der Waals surface area (Å²) in [7, 11) is 0. The van der Waals surface area contributed by atoms with E-state index in [0.29, 0.717) is 5.56 Å². The zero-order chi connectivity index (χ0) is 11.4. The van der Waals surface area contributed by atoms with Crippen LogP contribution in [0.3, 0.4) is 0 Å². The van der Waals surface area contributed by atoms with Crippen molar-refractivity contribution in [3.05, 3.63) is 35.4 Å². The topological polar surface area (TPSA) is 20.2 Å². The summed E-state index contributed by atoms with van der Waals surface area (Å²) in [6, 6.07) is 6.71. The molecule has 1 rings (SSSR count). The normalized spacial score (nSPS) is 13.5. The maximum absolute atomic E-state index is 12.8. The van der Waals surface area contributed by atoms with Crippen LogP contribution in [0.1, 0.15) is 30.9 Å². The van der Waals surface area contributed by atoms with Gasteiger partial charge >= 0.3 is 0 Å². The fourth-order valence-electron chi connectivity index (χ4n) is 1.67. The van der Waals surface area contributed by atoms with Crippen molar-refractivity contribution >= 4 is 0 Å². The van der Waals surface area contributed by atoms with E-state index in [1.165, 1.54) is 0 Å². The molecular formula is C12H16F2O. The molecule has 0 aliphatic carbocycles. The third kappa shape index (κ3) is 2.99. The standard InChI is InChI=1S/C12H16F2O/c1-8(2)11(12(13)14)10-5-3-9(7-15)4-6-10/h3-6,8,11-12,15H,7H2,1-2H3. The molecule has 3 heteroatoms. The third-order valence-corrected chi connectivity index (χ3v) is 2.54. The molecule has 0 radical (unpaired) electrons. The van der Waals surface area contributed by atoms with Crippen molar-refractivity contribution in [3.8, 4) is 0 Å². The second kappa shape index (κ2) is 5.21. The lowest BCUT2D eigenvalue weighted by atomic mass is 9.88. The lowest BCUT2D eigenvalue weighted by molar-refractivity contribution is 0.0934. The monoisotopic (exact) mass is 214 g/mol. The van der Waals surface area contributed by atoms with E-state index in [1.54, 1.807) is 38.1 Å². The summed E-state index contributed by atoms with van der Waals surface area (Å²) in [5.74, 6) is -0.817. The Kier molecular flexibility index (Phi) is 4.21. The summed E-state index contributed by atoms with van der Waals surface area (Å²) in [5, 5.41) is 8.84. The van der Waals surface area contributed by atoms with Crippen LogP contribution in [0.5, 0.6) is 0 Å². The van der Waals surface area contributed by atoms with E-state index in [-0.39, 0.29) is 12.5 Å². The number of benzene rings is 1. The van der Waals surface area contributed by atoms with Gasteiger partial charge in [-0.3, -0.25) is 0 Å². The molecule has 1 aromatic rings. The van der Waals surface area contributed by atoms with Gasteiger partial charge in [0.05, 0.1) is 6.61 Å². The molecule has 1 unspecified atom stereocenters. The van der Waals surface area contributed by atoms with Crippen LogP contribution in [-0.2, 0) is 6.61 Å². The van der Waals surface area contributed by atoms with Gasteiger partial charge in [-0.2, -0.15) is 0 Å². The molecule has 0 aromatic heterocycles. The Labute approximate surface area is 88.7 Å². The van der Waals surface area contributed by atoms with Crippen molar-refractivity contribution in [2.45, 2.75) is 32.8 Å². The van der Waals surface area contributed by atoms with Crippen molar-refractivity contribution in [1.82, 2.24) is 0 Å². The first-order valence-electron chi connectivity index (χ1n) is 5.04. The summed E-state index contributed by atoms with van der Waals surface area (Å²) in [4.78, 5) is 0. The Morgan fingerprint density at radius 3 is 2.00 bits per heavy atom. The minimum absolute atomic E-state index is 0.0543. The van der Waals surface area contributed by atoms with Crippen LogP contribution in [-0.4, -0.2) is 11.5 Å². The molecule has 0 saturated carbocycles. The minimum atomic E-state index is -2.34. The van der Waals surface area contributed by atoms with E-state index in [1.807, 2.05) is 0 Å².